The van der Waals surface area contributed by atoms with Gasteiger partial charge >= 0.3 is 0 Å². The fourth-order valence-electron chi connectivity index (χ4n) is 2.30. The molecule has 2 N–H and O–H groups in total. The molecule has 19 heavy (non-hydrogen) atoms. The number of hydrogen-bond acceptors (Lipinski definition) is 5. The second-order valence-electron chi connectivity index (χ2n) is 4.61. The molecule has 1 aliphatic rings. The van der Waals surface area contributed by atoms with Crippen LogP contribution in [0.4, 0.5) is 10.3 Å². The third-order valence-electron chi connectivity index (χ3n) is 3.26. The van der Waals surface area contributed by atoms with Gasteiger partial charge in [0.15, 0.2) is 0 Å². The number of pyridine rings is 1. The van der Waals surface area contributed by atoms with E-state index in [4.69, 9.17) is 5.73 Å². The summed E-state index contributed by atoms with van der Waals surface area (Å²) in [6.45, 7) is 2.09. The minimum atomic E-state index is -0.401. The third kappa shape index (κ3) is 2.53. The van der Waals surface area contributed by atoms with Crippen molar-refractivity contribution in [2.75, 3.05) is 12.3 Å². The standard InChI is InChI=1S/C13H14FN5/c14-12-9(2-1-4-16-12)7-19-5-3-11-10(8-19)6-17-13(15)18-11/h1-2,4,6H,3,5,7-8H2,(H2,15,17,18). The van der Waals surface area contributed by atoms with Gasteiger partial charge in [-0.15, -0.1) is 0 Å². The van der Waals surface area contributed by atoms with Crippen molar-refractivity contribution in [1.82, 2.24) is 19.9 Å². The largest absolute Gasteiger partial charge is 0.368 e. The first-order valence-corrected chi connectivity index (χ1v) is 6.14. The minimum Gasteiger partial charge on any atom is -0.368 e. The third-order valence-corrected chi connectivity index (χ3v) is 3.26. The van der Waals surface area contributed by atoms with Gasteiger partial charge in [-0.25, -0.2) is 15.0 Å². The van der Waals surface area contributed by atoms with Crippen LogP contribution < -0.4 is 5.73 Å². The zero-order chi connectivity index (χ0) is 13.2. The molecule has 0 saturated carbocycles. The van der Waals surface area contributed by atoms with Gasteiger partial charge in [-0.1, -0.05) is 6.07 Å². The van der Waals surface area contributed by atoms with Gasteiger partial charge in [0.2, 0.25) is 11.9 Å². The molecule has 5 nitrogen and oxygen atoms in total. The molecule has 0 unspecified atom stereocenters. The van der Waals surface area contributed by atoms with E-state index in [9.17, 15) is 4.39 Å². The Morgan fingerprint density at radius 1 is 1.37 bits per heavy atom. The molecule has 1 aliphatic heterocycles. The lowest BCUT2D eigenvalue weighted by Crippen LogP contribution is -2.31. The van der Waals surface area contributed by atoms with Crippen molar-refractivity contribution in [3.05, 3.63) is 47.3 Å². The van der Waals surface area contributed by atoms with E-state index in [1.807, 2.05) is 0 Å². The molecule has 0 spiro atoms. The quantitative estimate of drug-likeness (QED) is 0.819. The molecular formula is C13H14FN5. The van der Waals surface area contributed by atoms with Crippen LogP contribution in [0.3, 0.4) is 0 Å². The van der Waals surface area contributed by atoms with E-state index in [-0.39, 0.29) is 0 Å². The average molecular weight is 259 g/mol. The van der Waals surface area contributed by atoms with E-state index in [1.165, 1.54) is 6.20 Å². The lowest BCUT2D eigenvalue weighted by molar-refractivity contribution is 0.239. The number of fused-ring (bicyclic) bond motifs is 1. The van der Waals surface area contributed by atoms with Crippen LogP contribution in [0, 0.1) is 5.95 Å². The predicted molar refractivity (Wildman–Crippen MR) is 68.5 cm³/mol. The van der Waals surface area contributed by atoms with Crippen LogP contribution in [0.2, 0.25) is 0 Å². The number of rotatable bonds is 2. The van der Waals surface area contributed by atoms with Crippen LogP contribution in [0.5, 0.6) is 0 Å². The summed E-state index contributed by atoms with van der Waals surface area (Å²) in [7, 11) is 0. The molecule has 0 fully saturated rings. The second kappa shape index (κ2) is 4.89. The van der Waals surface area contributed by atoms with Gasteiger partial charge in [-0.3, -0.25) is 4.90 Å². The molecule has 98 valence electrons. The summed E-state index contributed by atoms with van der Waals surface area (Å²) < 4.78 is 13.5. The maximum Gasteiger partial charge on any atom is 0.220 e. The van der Waals surface area contributed by atoms with Crippen molar-refractivity contribution < 1.29 is 4.39 Å². The minimum absolute atomic E-state index is 0.311. The van der Waals surface area contributed by atoms with Gasteiger partial charge in [0, 0.05) is 49.6 Å². The van der Waals surface area contributed by atoms with E-state index < -0.39 is 5.95 Å². The molecule has 0 radical (unpaired) electrons. The number of halogens is 1. The average Bonchev–Trinajstić information content (AvgIpc) is 2.41. The van der Waals surface area contributed by atoms with E-state index >= 15 is 0 Å². The molecular weight excluding hydrogens is 245 g/mol. The fraction of sp³-hybridized carbons (Fsp3) is 0.308. The van der Waals surface area contributed by atoms with Gasteiger partial charge in [0.25, 0.3) is 0 Å². The second-order valence-corrected chi connectivity index (χ2v) is 4.61. The molecule has 3 heterocycles. The highest BCUT2D eigenvalue weighted by molar-refractivity contribution is 5.27. The summed E-state index contributed by atoms with van der Waals surface area (Å²) in [6, 6.07) is 3.51. The molecule has 2 aromatic rings. The zero-order valence-electron chi connectivity index (χ0n) is 10.4. The molecule has 0 aliphatic carbocycles. The van der Waals surface area contributed by atoms with Crippen molar-refractivity contribution >= 4 is 5.95 Å². The first kappa shape index (κ1) is 12.0. The summed E-state index contributed by atoms with van der Waals surface area (Å²) in [5.74, 6) is -0.0904. The molecule has 0 bridgehead atoms. The highest BCUT2D eigenvalue weighted by Gasteiger charge is 2.19. The zero-order valence-corrected chi connectivity index (χ0v) is 10.4. The van der Waals surface area contributed by atoms with Gasteiger partial charge < -0.3 is 5.73 Å². The maximum atomic E-state index is 13.5. The van der Waals surface area contributed by atoms with Gasteiger partial charge in [0.05, 0.1) is 5.69 Å². The Bertz CT molecular complexity index is 601. The van der Waals surface area contributed by atoms with Gasteiger partial charge in [-0.2, -0.15) is 4.39 Å². The highest BCUT2D eigenvalue weighted by atomic mass is 19.1. The van der Waals surface area contributed by atoms with Crippen LogP contribution in [0.25, 0.3) is 0 Å². The van der Waals surface area contributed by atoms with Gasteiger partial charge in [0.1, 0.15) is 0 Å². The van der Waals surface area contributed by atoms with Crippen molar-refractivity contribution in [3.63, 3.8) is 0 Å². The lowest BCUT2D eigenvalue weighted by atomic mass is 10.1. The summed E-state index contributed by atoms with van der Waals surface area (Å²) in [6.07, 6.45) is 4.02. The number of nitrogens with two attached hydrogens (primary N) is 1. The SMILES string of the molecule is Nc1ncc2c(n1)CCN(Cc1cccnc1F)C2. The van der Waals surface area contributed by atoms with Crippen molar-refractivity contribution in [2.24, 2.45) is 0 Å². The van der Waals surface area contributed by atoms with Crippen LogP contribution in [0.1, 0.15) is 16.8 Å². The Kier molecular flexibility index (Phi) is 3.08. The number of anilines is 1. The topological polar surface area (TPSA) is 67.9 Å². The molecule has 0 aromatic carbocycles. The van der Waals surface area contributed by atoms with Gasteiger partial charge in [-0.05, 0) is 6.07 Å². The normalized spacial score (nSPS) is 15.2. The van der Waals surface area contributed by atoms with E-state index in [0.717, 1.165) is 24.2 Å². The Labute approximate surface area is 110 Å². The Balaban J connectivity index is 1.76. The first-order valence-electron chi connectivity index (χ1n) is 6.14. The van der Waals surface area contributed by atoms with E-state index in [1.54, 1.807) is 18.3 Å². The Morgan fingerprint density at radius 2 is 2.26 bits per heavy atom. The Morgan fingerprint density at radius 3 is 3.11 bits per heavy atom. The number of nitrogens with zero attached hydrogens (tertiary/aromatic N) is 4. The molecule has 0 atom stereocenters. The predicted octanol–water partition coefficient (Wildman–Crippen LogP) is 1.15. The number of hydrogen-bond donors (Lipinski definition) is 1. The van der Waals surface area contributed by atoms with E-state index in [2.05, 4.69) is 19.9 Å². The van der Waals surface area contributed by atoms with Crippen molar-refractivity contribution in [3.8, 4) is 0 Å². The first-order chi connectivity index (χ1) is 9.22. The van der Waals surface area contributed by atoms with Crippen LogP contribution in [0.15, 0.2) is 24.5 Å². The van der Waals surface area contributed by atoms with Crippen LogP contribution in [-0.4, -0.2) is 26.4 Å². The van der Waals surface area contributed by atoms with Crippen LogP contribution >= 0.6 is 0 Å². The lowest BCUT2D eigenvalue weighted by Gasteiger charge is -2.27. The van der Waals surface area contributed by atoms with Crippen LogP contribution in [-0.2, 0) is 19.5 Å². The highest BCUT2D eigenvalue weighted by Crippen LogP contribution is 2.19. The summed E-state index contributed by atoms with van der Waals surface area (Å²) >= 11 is 0. The Hall–Kier alpha value is -2.08. The number of nitrogen functional groups attached to an aromatic ring is 1. The molecule has 3 rings (SSSR count). The van der Waals surface area contributed by atoms with Crippen molar-refractivity contribution in [1.29, 1.82) is 0 Å². The smallest absolute Gasteiger partial charge is 0.220 e. The monoisotopic (exact) mass is 259 g/mol. The van der Waals surface area contributed by atoms with Crippen molar-refractivity contribution in [2.45, 2.75) is 19.5 Å². The maximum absolute atomic E-state index is 13.5. The molecule has 0 amide bonds. The molecule has 0 saturated heterocycles. The van der Waals surface area contributed by atoms with E-state index in [0.29, 0.717) is 24.6 Å². The fourth-order valence-corrected chi connectivity index (χ4v) is 2.30. The molecule has 6 heteroatoms. The summed E-state index contributed by atoms with van der Waals surface area (Å²) in [5, 5.41) is 0. The summed E-state index contributed by atoms with van der Waals surface area (Å²) in [4.78, 5) is 14.1. The summed E-state index contributed by atoms with van der Waals surface area (Å²) in [5.41, 5.74) is 8.24. The molecule has 2 aromatic heterocycles. The number of aromatic nitrogens is 3.